The fraction of sp³-hybridized carbons (Fsp3) is 0.222. The molecule has 0 fully saturated rings. The maximum absolute atomic E-state index is 11.6. The van der Waals surface area contributed by atoms with E-state index < -0.39 is 0 Å². The Hall–Kier alpha value is -2.15. The van der Waals surface area contributed by atoms with Gasteiger partial charge in [-0.2, -0.15) is 0 Å². The molecule has 0 aliphatic heterocycles. The molecule has 2 aromatic rings. The van der Waals surface area contributed by atoms with Gasteiger partial charge in [0.1, 0.15) is 17.6 Å². The molecule has 0 aliphatic rings. The van der Waals surface area contributed by atoms with E-state index in [0.29, 0.717) is 24.5 Å². The van der Waals surface area contributed by atoms with Crippen LogP contribution in [0.2, 0.25) is 0 Å². The number of nitrogens with zero attached hydrogens (tertiary/aromatic N) is 3. The van der Waals surface area contributed by atoms with Crippen LogP contribution in [-0.2, 0) is 6.54 Å². The predicted molar refractivity (Wildman–Crippen MR) is 55.7 cm³/mol. The van der Waals surface area contributed by atoms with Gasteiger partial charge in [0.15, 0.2) is 0 Å². The van der Waals surface area contributed by atoms with E-state index in [1.54, 1.807) is 17.1 Å². The average Bonchev–Trinajstić information content (AvgIpc) is 2.89. The predicted octanol–water partition coefficient (Wildman–Crippen LogP) is 0.0821. The molecular weight excluding hydrogens is 210 g/mol. The maximum atomic E-state index is 11.6. The second kappa shape index (κ2) is 4.58. The molecule has 3 N–H and O–H groups in total. The summed E-state index contributed by atoms with van der Waals surface area (Å²) < 4.78 is 6.34. The summed E-state index contributed by atoms with van der Waals surface area (Å²) in [6.45, 7) is 1.14. The molecule has 2 heterocycles. The summed E-state index contributed by atoms with van der Waals surface area (Å²) in [6.07, 6.45) is 5.95. The molecule has 16 heavy (non-hydrogen) atoms. The highest BCUT2D eigenvalue weighted by Crippen LogP contribution is 2.06. The lowest BCUT2D eigenvalue weighted by Gasteiger charge is -1.97. The van der Waals surface area contributed by atoms with E-state index in [1.807, 2.05) is 0 Å². The van der Waals surface area contributed by atoms with Gasteiger partial charge in [-0.15, -0.1) is 0 Å². The SMILES string of the molecule is NCCn1cnc(C(=O)Nc2cnoc2)c1. The summed E-state index contributed by atoms with van der Waals surface area (Å²) in [4.78, 5) is 15.6. The Morgan fingerprint density at radius 3 is 3.19 bits per heavy atom. The normalized spacial score (nSPS) is 10.3. The number of nitrogens with one attached hydrogen (secondary N) is 1. The number of carbonyl (C=O) groups is 1. The highest BCUT2D eigenvalue weighted by atomic mass is 16.5. The molecule has 84 valence electrons. The van der Waals surface area contributed by atoms with Crippen molar-refractivity contribution in [2.24, 2.45) is 5.73 Å². The van der Waals surface area contributed by atoms with E-state index in [1.165, 1.54) is 12.5 Å². The third-order valence-corrected chi connectivity index (χ3v) is 1.94. The molecule has 0 saturated heterocycles. The number of carbonyl (C=O) groups excluding carboxylic acids is 1. The van der Waals surface area contributed by atoms with Crippen LogP contribution in [0.25, 0.3) is 0 Å². The first-order chi connectivity index (χ1) is 7.79. The Morgan fingerprint density at radius 2 is 2.50 bits per heavy atom. The van der Waals surface area contributed by atoms with Crippen molar-refractivity contribution in [1.29, 1.82) is 0 Å². The molecule has 7 nitrogen and oxygen atoms in total. The lowest BCUT2D eigenvalue weighted by Crippen LogP contribution is -2.12. The number of aromatic nitrogens is 3. The van der Waals surface area contributed by atoms with Crippen molar-refractivity contribution in [2.45, 2.75) is 6.54 Å². The lowest BCUT2D eigenvalue weighted by atomic mass is 10.4. The standard InChI is InChI=1S/C9H11N5O2/c10-1-2-14-4-8(11-6-14)9(15)13-7-3-12-16-5-7/h3-6H,1-2,10H2,(H,13,15). The molecule has 0 spiro atoms. The number of rotatable bonds is 4. The smallest absolute Gasteiger partial charge is 0.275 e. The van der Waals surface area contributed by atoms with E-state index >= 15 is 0 Å². The van der Waals surface area contributed by atoms with Crippen LogP contribution in [0.1, 0.15) is 10.5 Å². The second-order valence-corrected chi connectivity index (χ2v) is 3.15. The zero-order chi connectivity index (χ0) is 11.4. The molecule has 1 amide bonds. The molecule has 0 aliphatic carbocycles. The number of nitrogens with two attached hydrogens (primary N) is 1. The summed E-state index contributed by atoms with van der Waals surface area (Å²) in [5, 5.41) is 6.06. The third kappa shape index (κ3) is 2.26. The van der Waals surface area contributed by atoms with Crippen LogP contribution in [0.5, 0.6) is 0 Å². The first-order valence-electron chi connectivity index (χ1n) is 4.72. The van der Waals surface area contributed by atoms with E-state index in [9.17, 15) is 4.79 Å². The molecule has 0 bridgehead atoms. The monoisotopic (exact) mass is 221 g/mol. The van der Waals surface area contributed by atoms with Crippen LogP contribution < -0.4 is 11.1 Å². The van der Waals surface area contributed by atoms with Crippen LogP contribution in [0.4, 0.5) is 5.69 Å². The zero-order valence-corrected chi connectivity index (χ0v) is 8.46. The summed E-state index contributed by atoms with van der Waals surface area (Å²) in [5.74, 6) is -0.307. The van der Waals surface area contributed by atoms with Gasteiger partial charge in [0, 0.05) is 19.3 Å². The molecule has 0 aromatic carbocycles. The van der Waals surface area contributed by atoms with E-state index in [-0.39, 0.29) is 5.91 Å². The van der Waals surface area contributed by atoms with Crippen molar-refractivity contribution in [2.75, 3.05) is 11.9 Å². The number of anilines is 1. The molecule has 2 aromatic heterocycles. The number of hydrogen-bond acceptors (Lipinski definition) is 5. The van der Waals surface area contributed by atoms with Crippen molar-refractivity contribution in [1.82, 2.24) is 14.7 Å². The maximum Gasteiger partial charge on any atom is 0.275 e. The molecule has 0 radical (unpaired) electrons. The molecule has 7 heteroatoms. The first kappa shape index (κ1) is 10.4. The van der Waals surface area contributed by atoms with Gasteiger partial charge in [-0.25, -0.2) is 4.98 Å². The fourth-order valence-electron chi connectivity index (χ4n) is 1.21. The highest BCUT2D eigenvalue weighted by molar-refractivity contribution is 6.02. The lowest BCUT2D eigenvalue weighted by molar-refractivity contribution is 0.102. The minimum atomic E-state index is -0.307. The third-order valence-electron chi connectivity index (χ3n) is 1.94. The van der Waals surface area contributed by atoms with Crippen LogP contribution in [0.3, 0.4) is 0 Å². The van der Waals surface area contributed by atoms with Gasteiger partial charge in [0.05, 0.1) is 12.5 Å². The highest BCUT2D eigenvalue weighted by Gasteiger charge is 2.10. The van der Waals surface area contributed by atoms with Gasteiger partial charge in [0.2, 0.25) is 0 Å². The Bertz CT molecular complexity index is 462. The van der Waals surface area contributed by atoms with Gasteiger partial charge in [0.25, 0.3) is 5.91 Å². The summed E-state index contributed by atoms with van der Waals surface area (Å²) in [6, 6.07) is 0. The minimum absolute atomic E-state index is 0.307. The Kier molecular flexibility index (Phi) is 2.97. The fourth-order valence-corrected chi connectivity index (χ4v) is 1.21. The molecular formula is C9H11N5O2. The molecule has 0 unspecified atom stereocenters. The number of hydrogen-bond donors (Lipinski definition) is 2. The van der Waals surface area contributed by atoms with Crippen LogP contribution in [0, 0.1) is 0 Å². The van der Waals surface area contributed by atoms with E-state index in [0.717, 1.165) is 0 Å². The molecule has 2 rings (SSSR count). The van der Waals surface area contributed by atoms with Gasteiger partial charge in [-0.3, -0.25) is 4.79 Å². The summed E-state index contributed by atoms with van der Waals surface area (Å²) in [5.41, 5.74) is 6.21. The van der Waals surface area contributed by atoms with Crippen molar-refractivity contribution in [3.05, 3.63) is 30.7 Å². The first-order valence-corrected chi connectivity index (χ1v) is 4.72. The van der Waals surface area contributed by atoms with Gasteiger partial charge in [-0.1, -0.05) is 5.16 Å². The Morgan fingerprint density at radius 1 is 1.62 bits per heavy atom. The Balaban J connectivity index is 2.03. The largest absolute Gasteiger partial charge is 0.363 e. The minimum Gasteiger partial charge on any atom is -0.363 e. The second-order valence-electron chi connectivity index (χ2n) is 3.15. The van der Waals surface area contributed by atoms with Crippen molar-refractivity contribution < 1.29 is 9.32 Å². The van der Waals surface area contributed by atoms with Gasteiger partial charge in [-0.05, 0) is 0 Å². The van der Waals surface area contributed by atoms with E-state index in [4.69, 9.17) is 5.73 Å². The number of imidazole rings is 1. The number of amides is 1. The van der Waals surface area contributed by atoms with Crippen LogP contribution in [-0.4, -0.2) is 27.2 Å². The van der Waals surface area contributed by atoms with Gasteiger partial charge < -0.3 is 20.1 Å². The summed E-state index contributed by atoms with van der Waals surface area (Å²) in [7, 11) is 0. The van der Waals surface area contributed by atoms with Crippen molar-refractivity contribution in [3.63, 3.8) is 0 Å². The van der Waals surface area contributed by atoms with Crippen LogP contribution >= 0.6 is 0 Å². The molecule has 0 saturated carbocycles. The van der Waals surface area contributed by atoms with Gasteiger partial charge >= 0.3 is 0 Å². The molecule has 0 atom stereocenters. The summed E-state index contributed by atoms with van der Waals surface area (Å²) >= 11 is 0. The topological polar surface area (TPSA) is 99.0 Å². The van der Waals surface area contributed by atoms with Crippen molar-refractivity contribution >= 4 is 11.6 Å². The zero-order valence-electron chi connectivity index (χ0n) is 8.46. The van der Waals surface area contributed by atoms with E-state index in [2.05, 4.69) is 20.0 Å². The Labute approximate surface area is 91.2 Å². The quantitative estimate of drug-likeness (QED) is 0.761. The van der Waals surface area contributed by atoms with Crippen molar-refractivity contribution in [3.8, 4) is 0 Å². The van der Waals surface area contributed by atoms with Crippen LogP contribution in [0.15, 0.2) is 29.5 Å². The average molecular weight is 221 g/mol.